The van der Waals surface area contributed by atoms with Crippen molar-refractivity contribution in [3.63, 3.8) is 0 Å². The van der Waals surface area contributed by atoms with Gasteiger partial charge in [0.2, 0.25) is 0 Å². The summed E-state index contributed by atoms with van der Waals surface area (Å²) in [5.74, 6) is -2.61. The topological polar surface area (TPSA) is 162 Å². The van der Waals surface area contributed by atoms with Gasteiger partial charge in [-0.25, -0.2) is 9.10 Å². The molecule has 5 rings (SSSR count). The molecule has 1 N–H and O–H groups in total. The van der Waals surface area contributed by atoms with E-state index < -0.39 is 40.7 Å². The van der Waals surface area contributed by atoms with E-state index in [1.165, 1.54) is 6.92 Å². The van der Waals surface area contributed by atoms with Crippen molar-refractivity contribution >= 4 is 28.1 Å². The molecule has 38 heavy (non-hydrogen) atoms. The summed E-state index contributed by atoms with van der Waals surface area (Å²) in [6.07, 6.45) is 0. The summed E-state index contributed by atoms with van der Waals surface area (Å²) in [4.78, 5) is 38.4. The Labute approximate surface area is 216 Å². The standard InChI is InChI=1S/C25H20N4O8S/c1-14-19(21(27-35-14)16-9-5-3-6-10-16)23(30)26-18-13-29(24(18)31)38(33,34)37-25(32)20-15(2)36-28-22(20)17-11-7-4-8-12-17/h3-12,18H,13H2,1-2H3,(H,26,30). The summed E-state index contributed by atoms with van der Waals surface area (Å²) in [7, 11) is -4.81. The highest BCUT2D eigenvalue weighted by Gasteiger charge is 2.48. The third kappa shape index (κ3) is 4.43. The number of benzene rings is 2. The Morgan fingerprint density at radius 2 is 1.39 bits per heavy atom. The highest BCUT2D eigenvalue weighted by molar-refractivity contribution is 7.85. The maximum atomic E-state index is 12.9. The van der Waals surface area contributed by atoms with Gasteiger partial charge in [-0.1, -0.05) is 71.0 Å². The number of aryl methyl sites for hydroxylation is 2. The predicted molar refractivity (Wildman–Crippen MR) is 131 cm³/mol. The largest absolute Gasteiger partial charge is 0.415 e. The van der Waals surface area contributed by atoms with E-state index in [0.29, 0.717) is 15.4 Å². The Hall–Kier alpha value is -4.78. The Kier molecular flexibility index (Phi) is 6.28. The SMILES string of the molecule is Cc1onc(-c2ccccc2)c1C(=O)NC1CN(S(=O)(=O)OC(=O)c2c(-c3ccccc3)noc2C)C1=O. The fourth-order valence-electron chi connectivity index (χ4n) is 3.96. The van der Waals surface area contributed by atoms with Crippen LogP contribution in [0.15, 0.2) is 69.7 Å². The Bertz CT molecular complexity index is 1640. The quantitative estimate of drug-likeness (QED) is 0.348. The van der Waals surface area contributed by atoms with Crippen LogP contribution in [0.4, 0.5) is 0 Å². The van der Waals surface area contributed by atoms with Crippen LogP contribution in [0.25, 0.3) is 22.5 Å². The first-order chi connectivity index (χ1) is 18.2. The highest BCUT2D eigenvalue weighted by atomic mass is 32.2. The maximum absolute atomic E-state index is 12.9. The number of carbonyl (C=O) groups excluding carboxylic acids is 3. The van der Waals surface area contributed by atoms with Crippen molar-refractivity contribution in [3.8, 4) is 22.5 Å². The molecule has 1 aliphatic heterocycles. The molecule has 1 saturated heterocycles. The summed E-state index contributed by atoms with van der Waals surface area (Å²) in [6.45, 7) is 2.54. The number of amides is 2. The van der Waals surface area contributed by atoms with E-state index in [1.807, 2.05) is 0 Å². The second kappa shape index (κ2) is 9.59. The lowest BCUT2D eigenvalue weighted by atomic mass is 10.0. The molecule has 12 nitrogen and oxygen atoms in total. The van der Waals surface area contributed by atoms with Crippen molar-refractivity contribution in [3.05, 3.63) is 83.3 Å². The van der Waals surface area contributed by atoms with Gasteiger partial charge in [-0.2, -0.15) is 8.42 Å². The number of nitrogens with zero attached hydrogens (tertiary/aromatic N) is 3. The lowest BCUT2D eigenvalue weighted by molar-refractivity contribution is -0.136. The molecule has 0 radical (unpaired) electrons. The third-order valence-electron chi connectivity index (χ3n) is 5.90. The molecular formula is C25H20N4O8S. The van der Waals surface area contributed by atoms with Crippen molar-refractivity contribution in [2.75, 3.05) is 6.54 Å². The maximum Gasteiger partial charge on any atom is 0.415 e. The zero-order valence-corrected chi connectivity index (χ0v) is 20.9. The van der Waals surface area contributed by atoms with Crippen LogP contribution in [-0.4, -0.2) is 53.4 Å². The van der Waals surface area contributed by atoms with Crippen molar-refractivity contribution in [1.29, 1.82) is 0 Å². The van der Waals surface area contributed by atoms with Crippen LogP contribution in [0.1, 0.15) is 32.2 Å². The van der Waals surface area contributed by atoms with Crippen LogP contribution in [0.5, 0.6) is 0 Å². The summed E-state index contributed by atoms with van der Waals surface area (Å²) in [5, 5.41) is 10.2. The monoisotopic (exact) mass is 536 g/mol. The van der Waals surface area contributed by atoms with Crippen LogP contribution < -0.4 is 5.32 Å². The van der Waals surface area contributed by atoms with Gasteiger partial charge in [0.05, 0.1) is 6.54 Å². The number of nitrogens with one attached hydrogen (secondary N) is 1. The van der Waals surface area contributed by atoms with Crippen molar-refractivity contribution in [2.45, 2.75) is 19.9 Å². The van der Waals surface area contributed by atoms with Crippen LogP contribution in [-0.2, 0) is 19.3 Å². The number of hydrogen-bond donors (Lipinski definition) is 1. The fourth-order valence-corrected chi connectivity index (χ4v) is 5.00. The number of aromatic nitrogens is 2. The summed E-state index contributed by atoms with van der Waals surface area (Å²) in [5.41, 5.74) is 1.45. The number of β-lactam (4-membered cyclic amide) rings is 1. The molecule has 2 aromatic heterocycles. The molecule has 13 heteroatoms. The fraction of sp³-hybridized carbons (Fsp3) is 0.160. The van der Waals surface area contributed by atoms with E-state index in [1.54, 1.807) is 67.6 Å². The minimum Gasteiger partial charge on any atom is -0.360 e. The van der Waals surface area contributed by atoms with Gasteiger partial charge < -0.3 is 18.5 Å². The summed E-state index contributed by atoms with van der Waals surface area (Å²) >= 11 is 0. The molecule has 0 spiro atoms. The first-order valence-corrected chi connectivity index (χ1v) is 12.7. The van der Waals surface area contributed by atoms with Gasteiger partial charge in [0, 0.05) is 11.1 Å². The molecule has 3 heterocycles. The van der Waals surface area contributed by atoms with Crippen molar-refractivity contribution in [1.82, 2.24) is 19.9 Å². The molecule has 0 aliphatic carbocycles. The Balaban J connectivity index is 1.28. The van der Waals surface area contributed by atoms with Gasteiger partial charge in [0.25, 0.3) is 11.8 Å². The first-order valence-electron chi connectivity index (χ1n) is 11.3. The highest BCUT2D eigenvalue weighted by Crippen LogP contribution is 2.28. The average molecular weight is 537 g/mol. The average Bonchev–Trinajstić information content (AvgIpc) is 3.49. The minimum atomic E-state index is -4.81. The number of rotatable bonds is 7. The van der Waals surface area contributed by atoms with Crippen molar-refractivity contribution < 1.29 is 36.0 Å². The van der Waals surface area contributed by atoms with E-state index in [-0.39, 0.29) is 34.0 Å². The molecule has 4 aromatic rings. The van der Waals surface area contributed by atoms with E-state index in [4.69, 9.17) is 13.2 Å². The molecule has 1 unspecified atom stereocenters. The lowest BCUT2D eigenvalue weighted by Gasteiger charge is -2.36. The summed E-state index contributed by atoms with van der Waals surface area (Å²) in [6, 6.07) is 16.2. The van der Waals surface area contributed by atoms with E-state index in [0.717, 1.165) is 0 Å². The van der Waals surface area contributed by atoms with Crippen LogP contribution >= 0.6 is 0 Å². The Morgan fingerprint density at radius 1 is 0.895 bits per heavy atom. The van der Waals surface area contributed by atoms with Gasteiger partial charge >= 0.3 is 16.3 Å². The molecule has 2 aromatic carbocycles. The van der Waals surface area contributed by atoms with Gasteiger partial charge in [-0.3, -0.25) is 9.59 Å². The molecule has 0 saturated carbocycles. The minimum absolute atomic E-state index is 0.0439. The van der Waals surface area contributed by atoms with Gasteiger partial charge in [-0.05, 0) is 13.8 Å². The lowest BCUT2D eigenvalue weighted by Crippen LogP contribution is -2.65. The van der Waals surface area contributed by atoms with Crippen LogP contribution in [0, 0.1) is 13.8 Å². The van der Waals surface area contributed by atoms with Crippen LogP contribution in [0.2, 0.25) is 0 Å². The zero-order chi connectivity index (χ0) is 27.0. The smallest absolute Gasteiger partial charge is 0.360 e. The van der Waals surface area contributed by atoms with E-state index in [2.05, 4.69) is 15.6 Å². The third-order valence-corrected chi connectivity index (χ3v) is 7.13. The van der Waals surface area contributed by atoms with Gasteiger partial charge in [-0.15, -0.1) is 0 Å². The summed E-state index contributed by atoms with van der Waals surface area (Å²) < 4.78 is 40.7. The van der Waals surface area contributed by atoms with Gasteiger partial charge in [0.1, 0.15) is 40.1 Å². The first kappa shape index (κ1) is 24.9. The zero-order valence-electron chi connectivity index (χ0n) is 20.1. The second-order valence-electron chi connectivity index (χ2n) is 8.38. The van der Waals surface area contributed by atoms with E-state index >= 15 is 0 Å². The van der Waals surface area contributed by atoms with E-state index in [9.17, 15) is 22.8 Å². The second-order valence-corrected chi connectivity index (χ2v) is 9.84. The molecule has 1 fully saturated rings. The molecule has 1 atom stereocenters. The molecule has 194 valence electrons. The number of carbonyl (C=O) groups is 3. The predicted octanol–water partition coefficient (Wildman–Crippen LogP) is 2.66. The molecule has 0 bridgehead atoms. The normalized spacial score (nSPS) is 15.2. The molecule has 1 aliphatic rings. The number of hydrogen-bond acceptors (Lipinski definition) is 10. The van der Waals surface area contributed by atoms with Gasteiger partial charge in [0.15, 0.2) is 0 Å². The van der Waals surface area contributed by atoms with Crippen LogP contribution in [0.3, 0.4) is 0 Å². The van der Waals surface area contributed by atoms with Crippen molar-refractivity contribution in [2.24, 2.45) is 0 Å². The molecule has 2 amide bonds. The Morgan fingerprint density at radius 3 is 1.92 bits per heavy atom. The molecular weight excluding hydrogens is 516 g/mol.